The van der Waals surface area contributed by atoms with Crippen molar-refractivity contribution in [2.75, 3.05) is 5.73 Å². The Kier molecular flexibility index (Phi) is 4.05. The van der Waals surface area contributed by atoms with Gasteiger partial charge >= 0.3 is 0 Å². The highest BCUT2D eigenvalue weighted by Crippen LogP contribution is 2.12. The second-order valence-corrected chi connectivity index (χ2v) is 3.64. The van der Waals surface area contributed by atoms with E-state index in [1.165, 1.54) is 12.1 Å². The van der Waals surface area contributed by atoms with Gasteiger partial charge in [0.05, 0.1) is 5.56 Å². The van der Waals surface area contributed by atoms with E-state index in [-0.39, 0.29) is 11.6 Å². The highest BCUT2D eigenvalue weighted by atomic mass is 19.1. The minimum Gasteiger partial charge on any atom is -0.399 e. The smallest absolute Gasteiger partial charge is 0.254 e. The Morgan fingerprint density at radius 1 is 1.69 bits per heavy atom. The Labute approximate surface area is 94.1 Å². The van der Waals surface area contributed by atoms with E-state index < -0.39 is 11.7 Å². The summed E-state index contributed by atoms with van der Waals surface area (Å²) in [6.07, 6.45) is 2.34. The Bertz CT molecular complexity index is 404. The average molecular weight is 222 g/mol. The fourth-order valence-electron chi connectivity index (χ4n) is 1.33. The number of benzene rings is 1. The fourth-order valence-corrected chi connectivity index (χ4v) is 1.33. The van der Waals surface area contributed by atoms with E-state index in [1.54, 1.807) is 6.08 Å². The molecule has 1 atom stereocenters. The molecule has 3 nitrogen and oxygen atoms in total. The van der Waals surface area contributed by atoms with Gasteiger partial charge in [0.2, 0.25) is 0 Å². The van der Waals surface area contributed by atoms with Crippen molar-refractivity contribution < 1.29 is 9.18 Å². The summed E-state index contributed by atoms with van der Waals surface area (Å²) in [4.78, 5) is 11.6. The van der Waals surface area contributed by atoms with Gasteiger partial charge in [0.15, 0.2) is 0 Å². The molecule has 1 aromatic carbocycles. The zero-order valence-corrected chi connectivity index (χ0v) is 9.16. The quantitative estimate of drug-likeness (QED) is 0.605. The summed E-state index contributed by atoms with van der Waals surface area (Å²) in [6, 6.07) is 3.94. The molecule has 0 aliphatic carbocycles. The Morgan fingerprint density at radius 3 is 2.94 bits per heavy atom. The van der Waals surface area contributed by atoms with Gasteiger partial charge in [-0.3, -0.25) is 4.79 Å². The molecular formula is C12H15FN2O. The van der Waals surface area contributed by atoms with Gasteiger partial charge in [-0.25, -0.2) is 4.39 Å². The number of carbonyl (C=O) groups is 1. The topological polar surface area (TPSA) is 55.1 Å². The van der Waals surface area contributed by atoms with Gasteiger partial charge in [0.1, 0.15) is 5.82 Å². The van der Waals surface area contributed by atoms with E-state index in [0.29, 0.717) is 12.1 Å². The third-order valence-electron chi connectivity index (χ3n) is 2.14. The zero-order valence-electron chi connectivity index (χ0n) is 9.16. The lowest BCUT2D eigenvalue weighted by Crippen LogP contribution is -2.32. The highest BCUT2D eigenvalue weighted by Gasteiger charge is 2.13. The molecule has 0 aliphatic rings. The van der Waals surface area contributed by atoms with Crippen molar-refractivity contribution >= 4 is 11.6 Å². The lowest BCUT2D eigenvalue weighted by molar-refractivity contribution is 0.0936. The van der Waals surface area contributed by atoms with Gasteiger partial charge in [0.25, 0.3) is 5.91 Å². The summed E-state index contributed by atoms with van der Waals surface area (Å²) in [5.74, 6) is -1.05. The molecular weight excluding hydrogens is 207 g/mol. The lowest BCUT2D eigenvalue weighted by Gasteiger charge is -2.12. The van der Waals surface area contributed by atoms with Crippen LogP contribution in [0, 0.1) is 5.82 Å². The van der Waals surface area contributed by atoms with Crippen molar-refractivity contribution in [3.63, 3.8) is 0 Å². The molecule has 0 fully saturated rings. The summed E-state index contributed by atoms with van der Waals surface area (Å²) < 4.78 is 13.4. The molecule has 0 aromatic heterocycles. The van der Waals surface area contributed by atoms with Crippen LogP contribution >= 0.6 is 0 Å². The van der Waals surface area contributed by atoms with Crippen LogP contribution in [0.3, 0.4) is 0 Å². The van der Waals surface area contributed by atoms with E-state index in [9.17, 15) is 9.18 Å². The molecule has 0 heterocycles. The number of rotatable bonds is 4. The number of halogens is 1. The van der Waals surface area contributed by atoms with Crippen molar-refractivity contribution in [3.05, 3.63) is 42.2 Å². The summed E-state index contributed by atoms with van der Waals surface area (Å²) >= 11 is 0. The van der Waals surface area contributed by atoms with Crippen molar-refractivity contribution in [1.82, 2.24) is 5.32 Å². The molecule has 3 N–H and O–H groups in total. The van der Waals surface area contributed by atoms with Gasteiger partial charge in [-0.05, 0) is 31.5 Å². The zero-order chi connectivity index (χ0) is 12.1. The van der Waals surface area contributed by atoms with Gasteiger partial charge < -0.3 is 11.1 Å². The first kappa shape index (κ1) is 12.2. The first-order chi connectivity index (χ1) is 7.54. The minimum atomic E-state index is -0.608. The molecule has 1 rings (SSSR count). The summed E-state index contributed by atoms with van der Waals surface area (Å²) in [7, 11) is 0. The van der Waals surface area contributed by atoms with E-state index in [4.69, 9.17) is 5.73 Å². The van der Waals surface area contributed by atoms with Gasteiger partial charge in [0, 0.05) is 11.7 Å². The van der Waals surface area contributed by atoms with Crippen LogP contribution in [0.15, 0.2) is 30.9 Å². The molecule has 0 spiro atoms. The summed E-state index contributed by atoms with van der Waals surface area (Å²) in [5, 5.41) is 2.67. The van der Waals surface area contributed by atoms with Crippen LogP contribution in [0.2, 0.25) is 0 Å². The van der Waals surface area contributed by atoms with E-state index in [2.05, 4.69) is 11.9 Å². The standard InChI is InChI=1S/C12H15FN2O/c1-3-4-8(2)15-12(16)10-6-5-9(14)7-11(10)13/h3,5-8H,1,4,14H2,2H3,(H,15,16). The van der Waals surface area contributed by atoms with Crippen molar-refractivity contribution in [2.45, 2.75) is 19.4 Å². The second kappa shape index (κ2) is 5.30. The molecule has 1 amide bonds. The maximum atomic E-state index is 13.4. The van der Waals surface area contributed by atoms with Crippen LogP contribution in [-0.2, 0) is 0 Å². The number of nitrogen functional groups attached to an aromatic ring is 1. The number of hydrogen-bond acceptors (Lipinski definition) is 2. The molecule has 4 heteroatoms. The van der Waals surface area contributed by atoms with E-state index in [0.717, 1.165) is 6.07 Å². The SMILES string of the molecule is C=CCC(C)NC(=O)c1ccc(N)cc1F. The van der Waals surface area contributed by atoms with Crippen LogP contribution in [0.1, 0.15) is 23.7 Å². The minimum absolute atomic E-state index is 0.00473. The van der Waals surface area contributed by atoms with Gasteiger partial charge in [-0.15, -0.1) is 6.58 Å². The van der Waals surface area contributed by atoms with E-state index >= 15 is 0 Å². The molecule has 0 bridgehead atoms. The lowest BCUT2D eigenvalue weighted by atomic mass is 10.1. The van der Waals surface area contributed by atoms with Gasteiger partial charge in [-0.2, -0.15) is 0 Å². The van der Waals surface area contributed by atoms with Crippen molar-refractivity contribution in [3.8, 4) is 0 Å². The number of hydrogen-bond donors (Lipinski definition) is 2. The average Bonchev–Trinajstić information content (AvgIpc) is 2.17. The second-order valence-electron chi connectivity index (χ2n) is 3.64. The molecule has 16 heavy (non-hydrogen) atoms. The molecule has 86 valence electrons. The van der Waals surface area contributed by atoms with Crippen LogP contribution in [0.5, 0.6) is 0 Å². The maximum Gasteiger partial charge on any atom is 0.254 e. The third kappa shape index (κ3) is 3.08. The number of anilines is 1. The predicted molar refractivity (Wildman–Crippen MR) is 62.6 cm³/mol. The predicted octanol–water partition coefficient (Wildman–Crippen LogP) is 2.10. The van der Waals surface area contributed by atoms with E-state index in [1.807, 2.05) is 6.92 Å². The Hall–Kier alpha value is -1.84. The molecule has 0 saturated heterocycles. The molecule has 1 aromatic rings. The summed E-state index contributed by atoms with van der Waals surface area (Å²) in [6.45, 7) is 5.40. The molecule has 0 radical (unpaired) electrons. The van der Waals surface area contributed by atoms with Crippen molar-refractivity contribution in [2.24, 2.45) is 0 Å². The molecule has 0 saturated carbocycles. The monoisotopic (exact) mass is 222 g/mol. The number of carbonyl (C=O) groups excluding carboxylic acids is 1. The van der Waals surface area contributed by atoms with Crippen LogP contribution < -0.4 is 11.1 Å². The van der Waals surface area contributed by atoms with Gasteiger partial charge in [-0.1, -0.05) is 6.08 Å². The Balaban J connectivity index is 2.76. The van der Waals surface area contributed by atoms with Crippen LogP contribution in [0.25, 0.3) is 0 Å². The molecule has 0 aliphatic heterocycles. The number of amides is 1. The van der Waals surface area contributed by atoms with Crippen LogP contribution in [0.4, 0.5) is 10.1 Å². The number of nitrogens with one attached hydrogen (secondary N) is 1. The largest absolute Gasteiger partial charge is 0.399 e. The van der Waals surface area contributed by atoms with Crippen LogP contribution in [-0.4, -0.2) is 11.9 Å². The van der Waals surface area contributed by atoms with Crippen molar-refractivity contribution in [1.29, 1.82) is 0 Å². The maximum absolute atomic E-state index is 13.4. The Morgan fingerprint density at radius 2 is 2.38 bits per heavy atom. The normalized spacial score (nSPS) is 11.9. The first-order valence-electron chi connectivity index (χ1n) is 5.01. The third-order valence-corrected chi connectivity index (χ3v) is 2.14. The fraction of sp³-hybridized carbons (Fsp3) is 0.250. The number of nitrogens with two attached hydrogens (primary N) is 1. The highest BCUT2D eigenvalue weighted by molar-refractivity contribution is 5.94. The summed E-state index contributed by atoms with van der Waals surface area (Å²) in [5.41, 5.74) is 5.70. The first-order valence-corrected chi connectivity index (χ1v) is 5.01. The molecule has 1 unspecified atom stereocenters.